The topological polar surface area (TPSA) is 69.0 Å². The van der Waals surface area contributed by atoms with Crippen LogP contribution >= 0.6 is 11.3 Å². The Balaban J connectivity index is 1.80. The normalized spacial score (nSPS) is 11.2. The maximum Gasteiger partial charge on any atom is 0.256 e. The molecule has 3 heterocycles. The van der Waals surface area contributed by atoms with Crippen molar-refractivity contribution in [1.29, 1.82) is 0 Å². The second-order valence-electron chi connectivity index (χ2n) is 7.06. The quantitative estimate of drug-likeness (QED) is 0.504. The maximum atomic E-state index is 13.3. The Kier molecular flexibility index (Phi) is 5.07. The lowest BCUT2D eigenvalue weighted by Crippen LogP contribution is -2.15. The van der Waals surface area contributed by atoms with Gasteiger partial charge < -0.3 is 10.1 Å². The molecular weight excluding hydrogens is 384 g/mol. The standard InChI is InChI=1S/C22H22N4O2S/c1-13(2)28-18-9-6-5-8-16(18)24-22(27)15-12-17(19-10-7-11-29-19)23-21-20(15)14(3)25-26(21)4/h5-13H,1-4H3,(H,24,27). The van der Waals surface area contributed by atoms with Crippen LogP contribution in [0.5, 0.6) is 5.75 Å². The number of aryl methyl sites for hydroxylation is 2. The van der Waals surface area contributed by atoms with Crippen LogP contribution in [-0.4, -0.2) is 26.8 Å². The number of amides is 1. The second kappa shape index (κ2) is 7.67. The van der Waals surface area contributed by atoms with E-state index in [0.717, 1.165) is 21.7 Å². The van der Waals surface area contributed by atoms with E-state index in [1.165, 1.54) is 0 Å². The van der Waals surface area contributed by atoms with Gasteiger partial charge in [-0.25, -0.2) is 4.98 Å². The molecule has 0 aliphatic heterocycles. The summed E-state index contributed by atoms with van der Waals surface area (Å²) in [6.07, 6.45) is 0.00619. The Bertz CT molecular complexity index is 1180. The van der Waals surface area contributed by atoms with Crippen molar-refractivity contribution in [3.63, 3.8) is 0 Å². The number of pyridine rings is 1. The van der Waals surface area contributed by atoms with Crippen LogP contribution in [0.25, 0.3) is 21.6 Å². The van der Waals surface area contributed by atoms with Crippen LogP contribution in [0.3, 0.4) is 0 Å². The number of aromatic nitrogens is 3. The van der Waals surface area contributed by atoms with Gasteiger partial charge in [-0.05, 0) is 50.4 Å². The molecule has 4 rings (SSSR count). The Morgan fingerprint density at radius 2 is 2.00 bits per heavy atom. The Morgan fingerprint density at radius 3 is 2.72 bits per heavy atom. The minimum absolute atomic E-state index is 0.00619. The molecule has 6 nitrogen and oxygen atoms in total. The summed E-state index contributed by atoms with van der Waals surface area (Å²) in [5.74, 6) is 0.425. The fourth-order valence-electron chi connectivity index (χ4n) is 3.29. The van der Waals surface area contributed by atoms with E-state index in [0.29, 0.717) is 22.6 Å². The van der Waals surface area contributed by atoms with Crippen molar-refractivity contribution in [2.75, 3.05) is 5.32 Å². The number of carbonyl (C=O) groups excluding carboxylic acids is 1. The molecule has 0 bridgehead atoms. The molecule has 0 aliphatic carbocycles. The van der Waals surface area contributed by atoms with Crippen LogP contribution in [0.4, 0.5) is 5.69 Å². The predicted molar refractivity (Wildman–Crippen MR) is 117 cm³/mol. The highest BCUT2D eigenvalue weighted by molar-refractivity contribution is 7.13. The van der Waals surface area contributed by atoms with Gasteiger partial charge in [0, 0.05) is 7.05 Å². The van der Waals surface area contributed by atoms with E-state index in [1.807, 2.05) is 75.7 Å². The molecule has 0 spiro atoms. The summed E-state index contributed by atoms with van der Waals surface area (Å²) in [6, 6.07) is 13.3. The fraction of sp³-hybridized carbons (Fsp3) is 0.227. The number of nitrogens with one attached hydrogen (secondary N) is 1. The summed E-state index contributed by atoms with van der Waals surface area (Å²) < 4.78 is 7.55. The minimum atomic E-state index is -0.217. The van der Waals surface area contributed by atoms with Gasteiger partial charge >= 0.3 is 0 Å². The molecule has 3 aromatic heterocycles. The first kappa shape index (κ1) is 19.1. The molecule has 1 amide bonds. The van der Waals surface area contributed by atoms with Gasteiger partial charge in [-0.2, -0.15) is 5.10 Å². The number of anilines is 1. The number of fused-ring (bicyclic) bond motifs is 1. The van der Waals surface area contributed by atoms with Crippen molar-refractivity contribution in [3.05, 3.63) is 59.1 Å². The van der Waals surface area contributed by atoms with E-state index in [9.17, 15) is 4.79 Å². The molecule has 29 heavy (non-hydrogen) atoms. The number of hydrogen-bond donors (Lipinski definition) is 1. The van der Waals surface area contributed by atoms with Crippen molar-refractivity contribution in [3.8, 4) is 16.3 Å². The van der Waals surface area contributed by atoms with E-state index < -0.39 is 0 Å². The Hall–Kier alpha value is -3.19. The summed E-state index contributed by atoms with van der Waals surface area (Å²) in [4.78, 5) is 19.1. The third-order valence-electron chi connectivity index (χ3n) is 4.48. The summed E-state index contributed by atoms with van der Waals surface area (Å²) in [5, 5.41) is 10.2. The monoisotopic (exact) mass is 406 g/mol. The van der Waals surface area contributed by atoms with E-state index in [-0.39, 0.29) is 12.0 Å². The second-order valence-corrected chi connectivity index (χ2v) is 8.00. The molecule has 0 fully saturated rings. The van der Waals surface area contributed by atoms with Crippen molar-refractivity contribution in [1.82, 2.24) is 14.8 Å². The molecule has 0 saturated heterocycles. The molecule has 0 radical (unpaired) electrons. The van der Waals surface area contributed by atoms with Crippen LogP contribution < -0.4 is 10.1 Å². The van der Waals surface area contributed by atoms with Gasteiger partial charge in [-0.1, -0.05) is 18.2 Å². The third-order valence-corrected chi connectivity index (χ3v) is 5.38. The fourth-order valence-corrected chi connectivity index (χ4v) is 3.98. The molecule has 0 aliphatic rings. The summed E-state index contributed by atoms with van der Waals surface area (Å²) in [7, 11) is 1.84. The summed E-state index contributed by atoms with van der Waals surface area (Å²) >= 11 is 1.59. The van der Waals surface area contributed by atoms with Gasteiger partial charge in [0.05, 0.1) is 39.0 Å². The van der Waals surface area contributed by atoms with Gasteiger partial charge in [0.25, 0.3) is 5.91 Å². The highest BCUT2D eigenvalue weighted by Gasteiger charge is 2.20. The number of rotatable bonds is 5. The molecule has 0 unspecified atom stereocenters. The van der Waals surface area contributed by atoms with E-state index in [2.05, 4.69) is 10.4 Å². The molecular formula is C22H22N4O2S. The molecule has 4 aromatic rings. The Labute approximate surface area is 173 Å². The SMILES string of the molecule is Cc1nn(C)c2nc(-c3cccs3)cc(C(=O)Nc3ccccc3OC(C)C)c12. The third kappa shape index (κ3) is 3.73. The van der Waals surface area contributed by atoms with E-state index >= 15 is 0 Å². The smallest absolute Gasteiger partial charge is 0.256 e. The number of carbonyl (C=O) groups is 1. The average Bonchev–Trinajstić information content (AvgIpc) is 3.31. The van der Waals surface area contributed by atoms with Gasteiger partial charge in [-0.15, -0.1) is 11.3 Å². The largest absolute Gasteiger partial charge is 0.489 e. The average molecular weight is 407 g/mol. The van der Waals surface area contributed by atoms with Crippen molar-refractivity contribution in [2.24, 2.45) is 7.05 Å². The minimum Gasteiger partial charge on any atom is -0.489 e. The molecule has 0 atom stereocenters. The first-order chi connectivity index (χ1) is 13.9. The van der Waals surface area contributed by atoms with Gasteiger partial charge in [-0.3, -0.25) is 9.48 Å². The van der Waals surface area contributed by atoms with Crippen molar-refractivity contribution in [2.45, 2.75) is 26.9 Å². The maximum absolute atomic E-state index is 13.3. The molecule has 0 saturated carbocycles. The molecule has 1 aromatic carbocycles. The molecule has 7 heteroatoms. The number of ether oxygens (including phenoxy) is 1. The molecule has 1 N–H and O–H groups in total. The lowest BCUT2D eigenvalue weighted by molar-refractivity contribution is 0.102. The lowest BCUT2D eigenvalue weighted by atomic mass is 10.1. The van der Waals surface area contributed by atoms with Crippen LogP contribution in [0.2, 0.25) is 0 Å². The zero-order chi connectivity index (χ0) is 20.5. The van der Waals surface area contributed by atoms with Crippen LogP contribution in [0.15, 0.2) is 47.8 Å². The van der Waals surface area contributed by atoms with Crippen molar-refractivity contribution >= 4 is 34.0 Å². The van der Waals surface area contributed by atoms with Gasteiger partial charge in [0.1, 0.15) is 5.75 Å². The number of thiophene rings is 1. The highest BCUT2D eigenvalue weighted by Crippen LogP contribution is 2.31. The van der Waals surface area contributed by atoms with Crippen LogP contribution in [0.1, 0.15) is 29.9 Å². The van der Waals surface area contributed by atoms with E-state index in [4.69, 9.17) is 9.72 Å². The van der Waals surface area contributed by atoms with Gasteiger partial charge in [0.2, 0.25) is 0 Å². The van der Waals surface area contributed by atoms with Crippen LogP contribution in [0, 0.1) is 6.92 Å². The van der Waals surface area contributed by atoms with Gasteiger partial charge in [0.15, 0.2) is 5.65 Å². The number of benzene rings is 1. The first-order valence-corrected chi connectivity index (χ1v) is 10.3. The number of hydrogen-bond acceptors (Lipinski definition) is 5. The number of para-hydroxylation sites is 2. The first-order valence-electron chi connectivity index (χ1n) is 9.39. The lowest BCUT2D eigenvalue weighted by Gasteiger charge is -2.15. The van der Waals surface area contributed by atoms with E-state index in [1.54, 1.807) is 16.0 Å². The summed E-state index contributed by atoms with van der Waals surface area (Å²) in [6.45, 7) is 5.80. The Morgan fingerprint density at radius 1 is 1.21 bits per heavy atom. The summed E-state index contributed by atoms with van der Waals surface area (Å²) in [5.41, 5.74) is 3.39. The predicted octanol–water partition coefficient (Wildman–Crippen LogP) is 5.04. The zero-order valence-electron chi connectivity index (χ0n) is 16.8. The molecule has 148 valence electrons. The zero-order valence-corrected chi connectivity index (χ0v) is 17.6. The van der Waals surface area contributed by atoms with Crippen LogP contribution in [-0.2, 0) is 7.05 Å². The number of nitrogens with zero attached hydrogens (tertiary/aromatic N) is 3. The van der Waals surface area contributed by atoms with Crippen molar-refractivity contribution < 1.29 is 9.53 Å². The highest BCUT2D eigenvalue weighted by atomic mass is 32.1.